The number of halogens is 1. The Morgan fingerprint density at radius 1 is 1.59 bits per heavy atom. The van der Waals surface area contributed by atoms with E-state index >= 15 is 0 Å². The molecule has 3 N–H and O–H groups in total. The van der Waals surface area contributed by atoms with Crippen LogP contribution in [0.15, 0.2) is 23.1 Å². The minimum atomic E-state index is -3.73. The van der Waals surface area contributed by atoms with E-state index in [1.165, 1.54) is 18.2 Å². The third-order valence-corrected chi connectivity index (χ3v) is 3.85. The van der Waals surface area contributed by atoms with Crippen LogP contribution in [0.5, 0.6) is 0 Å². The molecule has 0 aliphatic heterocycles. The van der Waals surface area contributed by atoms with Crippen molar-refractivity contribution in [3.05, 3.63) is 28.8 Å². The topological polar surface area (TPSA) is 96.0 Å². The lowest BCUT2D eigenvalue weighted by Crippen LogP contribution is -2.35. The Balaban J connectivity index is 3.11. The summed E-state index contributed by atoms with van der Waals surface area (Å²) in [5, 5.41) is 8.78. The van der Waals surface area contributed by atoms with Crippen LogP contribution in [0, 0.1) is 11.3 Å². The Bertz CT molecular complexity index is 549. The number of nitrogens with two attached hydrogens (primary N) is 1. The van der Waals surface area contributed by atoms with Crippen LogP contribution in [0.1, 0.15) is 12.5 Å². The van der Waals surface area contributed by atoms with Crippen LogP contribution in [-0.4, -0.2) is 21.0 Å². The third-order valence-electron chi connectivity index (χ3n) is 1.95. The van der Waals surface area contributed by atoms with E-state index in [0.29, 0.717) is 0 Å². The number of hydrogen-bond acceptors (Lipinski definition) is 4. The first-order valence-electron chi connectivity index (χ1n) is 4.81. The molecule has 0 saturated carbocycles. The molecule has 0 radical (unpaired) electrons. The highest BCUT2D eigenvalue weighted by molar-refractivity contribution is 7.89. The third kappa shape index (κ3) is 3.68. The molecule has 1 rings (SSSR count). The highest BCUT2D eigenvalue weighted by Gasteiger charge is 2.18. The predicted octanol–water partition coefficient (Wildman–Crippen LogP) is 0.837. The number of hydrogen-bond donors (Lipinski definition) is 2. The molecule has 17 heavy (non-hydrogen) atoms. The second kappa shape index (κ2) is 5.47. The summed E-state index contributed by atoms with van der Waals surface area (Å²) in [6, 6.07) is 5.61. The van der Waals surface area contributed by atoms with E-state index in [0.717, 1.165) is 0 Å². The molecular formula is C10H12ClN3O2S. The van der Waals surface area contributed by atoms with E-state index in [4.69, 9.17) is 22.6 Å². The summed E-state index contributed by atoms with van der Waals surface area (Å²) in [6.07, 6.45) is 0. The number of benzene rings is 1. The fraction of sp³-hybridized carbons (Fsp3) is 0.300. The van der Waals surface area contributed by atoms with E-state index in [2.05, 4.69) is 4.72 Å². The monoisotopic (exact) mass is 273 g/mol. The standard InChI is InChI=1S/C10H12ClN3O2S/c1-7(13)6-14-17(15,16)10-4-8(5-12)2-3-9(10)11/h2-4,7,14H,6,13H2,1H3. The highest BCUT2D eigenvalue weighted by Crippen LogP contribution is 2.22. The molecule has 0 fully saturated rings. The van der Waals surface area contributed by atoms with Crippen LogP contribution in [0.2, 0.25) is 5.02 Å². The molecular weight excluding hydrogens is 262 g/mol. The Morgan fingerprint density at radius 2 is 2.24 bits per heavy atom. The van der Waals surface area contributed by atoms with Gasteiger partial charge in [-0.05, 0) is 25.1 Å². The van der Waals surface area contributed by atoms with Crippen molar-refractivity contribution in [2.75, 3.05) is 6.54 Å². The fourth-order valence-corrected chi connectivity index (χ4v) is 2.76. The van der Waals surface area contributed by atoms with Gasteiger partial charge in [-0.2, -0.15) is 5.26 Å². The van der Waals surface area contributed by atoms with Gasteiger partial charge in [-0.25, -0.2) is 13.1 Å². The smallest absolute Gasteiger partial charge is 0.242 e. The number of nitrogens with one attached hydrogen (secondary N) is 1. The van der Waals surface area contributed by atoms with Crippen molar-refractivity contribution in [3.8, 4) is 6.07 Å². The zero-order valence-electron chi connectivity index (χ0n) is 9.14. The van der Waals surface area contributed by atoms with Crippen molar-refractivity contribution in [1.29, 1.82) is 5.26 Å². The molecule has 0 spiro atoms. The lowest BCUT2D eigenvalue weighted by Gasteiger charge is -2.10. The number of sulfonamides is 1. The Labute approximate surface area is 105 Å². The van der Waals surface area contributed by atoms with Crippen LogP contribution in [0.3, 0.4) is 0 Å². The van der Waals surface area contributed by atoms with Crippen LogP contribution in [0.4, 0.5) is 0 Å². The van der Waals surface area contributed by atoms with Gasteiger partial charge in [0.2, 0.25) is 10.0 Å². The first-order chi connectivity index (χ1) is 7.86. The van der Waals surface area contributed by atoms with Crippen LogP contribution < -0.4 is 10.5 Å². The summed E-state index contributed by atoms with van der Waals surface area (Å²) in [5.41, 5.74) is 5.69. The van der Waals surface area contributed by atoms with Crippen molar-refractivity contribution < 1.29 is 8.42 Å². The molecule has 0 aromatic heterocycles. The van der Waals surface area contributed by atoms with E-state index in [9.17, 15) is 8.42 Å². The van der Waals surface area contributed by atoms with Crippen molar-refractivity contribution in [1.82, 2.24) is 4.72 Å². The van der Waals surface area contributed by atoms with Crippen molar-refractivity contribution in [3.63, 3.8) is 0 Å². The van der Waals surface area contributed by atoms with Gasteiger partial charge >= 0.3 is 0 Å². The minimum absolute atomic E-state index is 0.0705. The first kappa shape index (κ1) is 13.9. The number of nitriles is 1. The zero-order chi connectivity index (χ0) is 13.1. The largest absolute Gasteiger partial charge is 0.327 e. The number of nitrogens with zero attached hydrogens (tertiary/aromatic N) is 1. The molecule has 5 nitrogen and oxygen atoms in total. The molecule has 0 saturated heterocycles. The maximum Gasteiger partial charge on any atom is 0.242 e. The molecule has 1 atom stereocenters. The van der Waals surface area contributed by atoms with Crippen LogP contribution >= 0.6 is 11.6 Å². The van der Waals surface area contributed by atoms with E-state index in [1.807, 2.05) is 6.07 Å². The molecule has 0 bridgehead atoms. The predicted molar refractivity (Wildman–Crippen MR) is 65.0 cm³/mol. The van der Waals surface area contributed by atoms with Gasteiger partial charge in [-0.3, -0.25) is 0 Å². The van der Waals surface area contributed by atoms with Gasteiger partial charge in [0.05, 0.1) is 16.7 Å². The summed E-state index contributed by atoms with van der Waals surface area (Å²) < 4.78 is 26.1. The molecule has 1 aromatic rings. The summed E-state index contributed by atoms with van der Waals surface area (Å²) >= 11 is 5.79. The van der Waals surface area contributed by atoms with Crippen molar-refractivity contribution in [2.45, 2.75) is 17.9 Å². The summed E-state index contributed by atoms with van der Waals surface area (Å²) in [5.74, 6) is 0. The van der Waals surface area contributed by atoms with Crippen LogP contribution in [0.25, 0.3) is 0 Å². The molecule has 0 heterocycles. The van der Waals surface area contributed by atoms with Gasteiger partial charge in [-0.15, -0.1) is 0 Å². The lowest BCUT2D eigenvalue weighted by atomic mass is 10.2. The fourth-order valence-electron chi connectivity index (χ4n) is 1.10. The first-order valence-corrected chi connectivity index (χ1v) is 6.68. The Morgan fingerprint density at radius 3 is 2.76 bits per heavy atom. The van der Waals surface area contributed by atoms with Gasteiger partial charge in [0.1, 0.15) is 4.90 Å². The van der Waals surface area contributed by atoms with E-state index in [-0.39, 0.29) is 28.1 Å². The molecule has 1 aromatic carbocycles. The van der Waals surface area contributed by atoms with E-state index in [1.54, 1.807) is 6.92 Å². The Hall–Kier alpha value is -1.13. The average Bonchev–Trinajstić information content (AvgIpc) is 2.27. The SMILES string of the molecule is CC(N)CNS(=O)(=O)c1cc(C#N)ccc1Cl. The molecule has 7 heteroatoms. The van der Waals surface area contributed by atoms with Crippen molar-refractivity contribution in [2.24, 2.45) is 5.73 Å². The van der Waals surface area contributed by atoms with Gasteiger partial charge in [-0.1, -0.05) is 11.6 Å². The molecule has 0 amide bonds. The average molecular weight is 274 g/mol. The van der Waals surface area contributed by atoms with E-state index < -0.39 is 10.0 Å². The van der Waals surface area contributed by atoms with Gasteiger partial charge in [0, 0.05) is 12.6 Å². The Kier molecular flexibility index (Phi) is 4.48. The van der Waals surface area contributed by atoms with Crippen LogP contribution in [-0.2, 0) is 10.0 Å². The quantitative estimate of drug-likeness (QED) is 0.849. The summed E-state index contributed by atoms with van der Waals surface area (Å²) in [7, 11) is -3.73. The lowest BCUT2D eigenvalue weighted by molar-refractivity contribution is 0.574. The minimum Gasteiger partial charge on any atom is -0.327 e. The van der Waals surface area contributed by atoms with Gasteiger partial charge < -0.3 is 5.73 Å². The number of rotatable bonds is 4. The van der Waals surface area contributed by atoms with Crippen molar-refractivity contribution >= 4 is 21.6 Å². The summed E-state index contributed by atoms with van der Waals surface area (Å²) in [4.78, 5) is -0.112. The maximum absolute atomic E-state index is 11.9. The molecule has 1 unspecified atom stereocenters. The normalized spacial score (nSPS) is 13.1. The summed E-state index contributed by atoms with van der Waals surface area (Å²) in [6.45, 7) is 1.78. The van der Waals surface area contributed by atoms with Gasteiger partial charge in [0.15, 0.2) is 0 Å². The van der Waals surface area contributed by atoms with Gasteiger partial charge in [0.25, 0.3) is 0 Å². The molecule has 92 valence electrons. The second-order valence-electron chi connectivity index (χ2n) is 3.59. The molecule has 0 aliphatic rings. The zero-order valence-corrected chi connectivity index (χ0v) is 10.7. The maximum atomic E-state index is 11.9. The second-order valence-corrected chi connectivity index (χ2v) is 5.73. The molecule has 0 aliphatic carbocycles. The highest BCUT2D eigenvalue weighted by atomic mass is 35.5.